The van der Waals surface area contributed by atoms with E-state index in [0.717, 1.165) is 18.8 Å². The van der Waals surface area contributed by atoms with Gasteiger partial charge in [-0.1, -0.05) is 29.8 Å². The zero-order valence-electron chi connectivity index (χ0n) is 15.2. The third kappa shape index (κ3) is 7.94. The summed E-state index contributed by atoms with van der Waals surface area (Å²) >= 11 is 0. The van der Waals surface area contributed by atoms with Crippen LogP contribution in [0.5, 0.6) is 0 Å². The molecule has 6 nitrogen and oxygen atoms in total. The highest BCUT2D eigenvalue weighted by molar-refractivity contribution is 14.0. The van der Waals surface area contributed by atoms with Gasteiger partial charge in [0.25, 0.3) is 0 Å². The van der Waals surface area contributed by atoms with Crippen LogP contribution in [0, 0.1) is 12.8 Å². The Bertz CT molecular complexity index is 576. The fourth-order valence-electron chi connectivity index (χ4n) is 2.59. The van der Waals surface area contributed by atoms with Crippen molar-refractivity contribution in [3.05, 3.63) is 35.4 Å². The lowest BCUT2D eigenvalue weighted by Gasteiger charge is -2.20. The number of amides is 1. The maximum Gasteiger partial charge on any atom is 0.407 e. The molecule has 25 heavy (non-hydrogen) atoms. The zero-order valence-corrected chi connectivity index (χ0v) is 17.5. The monoisotopic (exact) mass is 460 g/mol. The summed E-state index contributed by atoms with van der Waals surface area (Å²) in [5.74, 6) is 1.25. The first-order chi connectivity index (χ1) is 11.6. The summed E-state index contributed by atoms with van der Waals surface area (Å²) in [6.45, 7) is 5.62. The highest BCUT2D eigenvalue weighted by Crippen LogP contribution is 2.32. The average molecular weight is 460 g/mol. The number of alkyl carbamates (subject to hydrolysis) is 1. The SMILES string of the molecule is CCOC(=O)NC(CNC(=NC)NCc1cccc(C)c1)C1CC1.I. The van der Waals surface area contributed by atoms with Crippen molar-refractivity contribution in [3.8, 4) is 0 Å². The molecule has 0 bridgehead atoms. The molecule has 0 heterocycles. The predicted molar refractivity (Wildman–Crippen MR) is 111 cm³/mol. The Hall–Kier alpha value is -1.51. The molecule has 1 aliphatic carbocycles. The Balaban J connectivity index is 0.00000312. The Morgan fingerprint density at radius 3 is 2.72 bits per heavy atom. The van der Waals surface area contributed by atoms with Crippen molar-refractivity contribution in [2.24, 2.45) is 10.9 Å². The molecule has 140 valence electrons. The Morgan fingerprint density at radius 2 is 2.12 bits per heavy atom. The van der Waals surface area contributed by atoms with E-state index in [2.05, 4.69) is 52.1 Å². The van der Waals surface area contributed by atoms with Crippen molar-refractivity contribution < 1.29 is 9.53 Å². The first-order valence-corrected chi connectivity index (χ1v) is 8.55. The Labute approximate surface area is 167 Å². The van der Waals surface area contributed by atoms with Gasteiger partial charge in [-0.2, -0.15) is 0 Å². The molecule has 0 spiro atoms. The first-order valence-electron chi connectivity index (χ1n) is 8.55. The van der Waals surface area contributed by atoms with Gasteiger partial charge < -0.3 is 20.7 Å². The molecule has 1 saturated carbocycles. The smallest absolute Gasteiger partial charge is 0.407 e. The topological polar surface area (TPSA) is 74.8 Å². The molecule has 3 N–H and O–H groups in total. The summed E-state index contributed by atoms with van der Waals surface area (Å²) in [7, 11) is 1.75. The first kappa shape index (κ1) is 21.5. The van der Waals surface area contributed by atoms with Gasteiger partial charge >= 0.3 is 6.09 Å². The van der Waals surface area contributed by atoms with Crippen molar-refractivity contribution in [3.63, 3.8) is 0 Å². The van der Waals surface area contributed by atoms with Crippen molar-refractivity contribution in [2.75, 3.05) is 20.2 Å². The molecule has 0 aromatic heterocycles. The van der Waals surface area contributed by atoms with Gasteiger partial charge in [0.2, 0.25) is 0 Å². The largest absolute Gasteiger partial charge is 0.450 e. The summed E-state index contributed by atoms with van der Waals surface area (Å²) in [5.41, 5.74) is 2.45. The number of carbonyl (C=O) groups is 1. The van der Waals surface area contributed by atoms with E-state index in [9.17, 15) is 4.79 Å². The highest BCUT2D eigenvalue weighted by atomic mass is 127. The highest BCUT2D eigenvalue weighted by Gasteiger charge is 2.32. The minimum atomic E-state index is -0.348. The van der Waals surface area contributed by atoms with Gasteiger partial charge in [0.1, 0.15) is 0 Å². The summed E-state index contributed by atoms with van der Waals surface area (Å²) in [4.78, 5) is 15.9. The molecule has 0 saturated heterocycles. The summed E-state index contributed by atoms with van der Waals surface area (Å²) in [5, 5.41) is 9.53. The quantitative estimate of drug-likeness (QED) is 0.333. The van der Waals surface area contributed by atoms with Gasteiger partial charge in [0.15, 0.2) is 5.96 Å². The number of nitrogens with zero attached hydrogens (tertiary/aromatic N) is 1. The number of aryl methyl sites for hydroxylation is 1. The molecule has 1 fully saturated rings. The van der Waals surface area contributed by atoms with Gasteiger partial charge in [0, 0.05) is 20.1 Å². The summed E-state index contributed by atoms with van der Waals surface area (Å²) in [6, 6.07) is 8.44. The maximum atomic E-state index is 11.6. The fourth-order valence-corrected chi connectivity index (χ4v) is 2.59. The molecule has 0 aliphatic heterocycles. The molecule has 1 unspecified atom stereocenters. The van der Waals surface area contributed by atoms with Crippen molar-refractivity contribution in [1.82, 2.24) is 16.0 Å². The van der Waals surface area contributed by atoms with Crippen molar-refractivity contribution in [2.45, 2.75) is 39.3 Å². The summed E-state index contributed by atoms with van der Waals surface area (Å²) in [6.07, 6.45) is 1.95. The molecule has 1 atom stereocenters. The van der Waals surface area contributed by atoms with Crippen molar-refractivity contribution >= 4 is 36.0 Å². The second-order valence-corrected chi connectivity index (χ2v) is 6.10. The minimum absolute atomic E-state index is 0. The van der Waals surface area contributed by atoms with E-state index in [4.69, 9.17) is 4.74 Å². The third-order valence-electron chi connectivity index (χ3n) is 4.03. The lowest BCUT2D eigenvalue weighted by molar-refractivity contribution is 0.146. The van der Waals surface area contributed by atoms with Crippen LogP contribution < -0.4 is 16.0 Å². The molecule has 0 radical (unpaired) electrons. The second kappa shape index (κ2) is 11.2. The molecule has 1 aromatic carbocycles. The van der Waals surface area contributed by atoms with Crippen LogP contribution in [0.3, 0.4) is 0 Å². The van der Waals surface area contributed by atoms with E-state index in [0.29, 0.717) is 25.6 Å². The van der Waals surface area contributed by atoms with Crippen LogP contribution in [-0.4, -0.2) is 38.3 Å². The standard InChI is InChI=1S/C18H28N4O2.HI/c1-4-24-18(23)22-16(15-8-9-15)12-21-17(19-3)20-11-14-7-5-6-13(2)10-14;/h5-7,10,15-16H,4,8-9,11-12H2,1-3H3,(H,22,23)(H2,19,20,21);1H. The zero-order chi connectivity index (χ0) is 17.4. The van der Waals surface area contributed by atoms with Gasteiger partial charge in [-0.25, -0.2) is 4.79 Å². The molecule has 1 amide bonds. The lowest BCUT2D eigenvalue weighted by atomic mass is 10.1. The second-order valence-electron chi connectivity index (χ2n) is 6.10. The van der Waals surface area contributed by atoms with Crippen LogP contribution in [0.2, 0.25) is 0 Å². The molecular weight excluding hydrogens is 431 g/mol. The van der Waals surface area contributed by atoms with Crippen LogP contribution >= 0.6 is 24.0 Å². The van der Waals surface area contributed by atoms with Gasteiger partial charge in [-0.05, 0) is 38.2 Å². The van der Waals surface area contributed by atoms with E-state index >= 15 is 0 Å². The fraction of sp³-hybridized carbons (Fsp3) is 0.556. The number of hydrogen-bond donors (Lipinski definition) is 3. The number of guanidine groups is 1. The number of benzene rings is 1. The lowest BCUT2D eigenvalue weighted by Crippen LogP contribution is -2.48. The number of rotatable bonds is 7. The summed E-state index contributed by atoms with van der Waals surface area (Å²) < 4.78 is 4.98. The van der Waals surface area contributed by atoms with E-state index in [1.54, 1.807) is 14.0 Å². The molecule has 1 aliphatic rings. The molecule has 7 heteroatoms. The Morgan fingerprint density at radius 1 is 1.36 bits per heavy atom. The maximum absolute atomic E-state index is 11.6. The van der Waals surface area contributed by atoms with Gasteiger partial charge in [-0.3, -0.25) is 4.99 Å². The third-order valence-corrected chi connectivity index (χ3v) is 4.03. The van der Waals surface area contributed by atoms with Gasteiger partial charge in [0.05, 0.1) is 12.6 Å². The number of hydrogen-bond acceptors (Lipinski definition) is 3. The average Bonchev–Trinajstić information content (AvgIpc) is 3.39. The number of halogens is 1. The minimum Gasteiger partial charge on any atom is -0.450 e. The van der Waals surface area contributed by atoms with E-state index in [-0.39, 0.29) is 36.1 Å². The molecular formula is C18H29IN4O2. The van der Waals surface area contributed by atoms with Crippen LogP contribution in [0.25, 0.3) is 0 Å². The number of nitrogens with one attached hydrogen (secondary N) is 3. The van der Waals surface area contributed by atoms with Crippen LogP contribution in [-0.2, 0) is 11.3 Å². The number of aliphatic imine (C=N–C) groups is 1. The van der Waals surface area contributed by atoms with Crippen LogP contribution in [0.1, 0.15) is 30.9 Å². The van der Waals surface area contributed by atoms with E-state index < -0.39 is 0 Å². The van der Waals surface area contributed by atoms with Crippen LogP contribution in [0.4, 0.5) is 4.79 Å². The Kier molecular flexibility index (Phi) is 9.62. The predicted octanol–water partition coefficient (Wildman–Crippen LogP) is 2.80. The van der Waals surface area contributed by atoms with Crippen molar-refractivity contribution in [1.29, 1.82) is 0 Å². The van der Waals surface area contributed by atoms with E-state index in [1.807, 2.05) is 0 Å². The van der Waals surface area contributed by atoms with E-state index in [1.165, 1.54) is 11.1 Å². The normalized spacial score (nSPS) is 14.9. The van der Waals surface area contributed by atoms with Gasteiger partial charge in [-0.15, -0.1) is 24.0 Å². The molecule has 2 rings (SSSR count). The number of ether oxygens (including phenoxy) is 1. The molecule has 1 aromatic rings. The number of carbonyl (C=O) groups excluding carboxylic acids is 1. The van der Waals surface area contributed by atoms with Crippen LogP contribution in [0.15, 0.2) is 29.3 Å².